The molecule has 0 spiro atoms. The molecule has 0 atom stereocenters. The van der Waals surface area contributed by atoms with Crippen LogP contribution in [0, 0.1) is 0 Å². The molecule has 0 saturated heterocycles. The highest BCUT2D eigenvalue weighted by atomic mass is 16.5. The van der Waals surface area contributed by atoms with Crippen LogP contribution in [0.5, 0.6) is 5.75 Å². The zero-order valence-corrected chi connectivity index (χ0v) is 20.7. The van der Waals surface area contributed by atoms with Crippen LogP contribution < -0.4 is 4.74 Å². The first kappa shape index (κ1) is 24.5. The second-order valence-electron chi connectivity index (χ2n) is 8.71. The fourth-order valence-electron chi connectivity index (χ4n) is 4.74. The molecule has 0 bridgehead atoms. The number of amides is 1. The van der Waals surface area contributed by atoms with Gasteiger partial charge < -0.3 is 14.4 Å². The van der Waals surface area contributed by atoms with Crippen molar-refractivity contribution in [2.75, 3.05) is 20.3 Å². The Morgan fingerprint density at radius 2 is 1.77 bits per heavy atom. The lowest BCUT2D eigenvalue weighted by Gasteiger charge is -2.33. The molecule has 0 N–H and O–H groups in total. The third-order valence-electron chi connectivity index (χ3n) is 6.54. The third kappa shape index (κ3) is 5.39. The molecule has 184 valence electrons. The molecule has 1 fully saturated rings. The summed E-state index contributed by atoms with van der Waals surface area (Å²) >= 11 is 0. The lowest BCUT2D eigenvalue weighted by Crippen LogP contribution is -2.41. The number of rotatable bonds is 8. The topological polar surface area (TPSA) is 73.7 Å². The Labute approximate surface area is 206 Å². The standard InChI is InChI=1S/C28H33N3O4/c1-4-30(22-11-7-6-8-12-22)27(32)20-14-16-23(17-15-20)31-26(19-25(29-31)28(33)35-5-2)21-10-9-13-24(18-21)34-3/h9-10,13-19,22H,4-8,11-12H2,1-3H3. The summed E-state index contributed by atoms with van der Waals surface area (Å²) in [6.07, 6.45) is 5.77. The Balaban J connectivity index is 1.67. The molecule has 4 rings (SSSR count). The van der Waals surface area contributed by atoms with Crippen molar-refractivity contribution < 1.29 is 19.1 Å². The maximum atomic E-state index is 13.3. The van der Waals surface area contributed by atoms with E-state index in [-0.39, 0.29) is 18.2 Å². The molecule has 2 aromatic carbocycles. The summed E-state index contributed by atoms with van der Waals surface area (Å²) in [5, 5.41) is 4.54. The molecule has 0 radical (unpaired) electrons. The molecule has 1 aliphatic rings. The Morgan fingerprint density at radius 1 is 1.03 bits per heavy atom. The molecule has 35 heavy (non-hydrogen) atoms. The van der Waals surface area contributed by atoms with Gasteiger partial charge in [-0.25, -0.2) is 9.48 Å². The highest BCUT2D eigenvalue weighted by molar-refractivity contribution is 5.94. The van der Waals surface area contributed by atoms with E-state index >= 15 is 0 Å². The number of aromatic nitrogens is 2. The van der Waals surface area contributed by atoms with Gasteiger partial charge in [-0.1, -0.05) is 31.4 Å². The van der Waals surface area contributed by atoms with Crippen LogP contribution in [-0.4, -0.2) is 52.9 Å². The van der Waals surface area contributed by atoms with Gasteiger partial charge in [0.15, 0.2) is 5.69 Å². The van der Waals surface area contributed by atoms with E-state index in [1.807, 2.05) is 60.4 Å². The summed E-state index contributed by atoms with van der Waals surface area (Å²) in [4.78, 5) is 27.7. The van der Waals surface area contributed by atoms with E-state index in [2.05, 4.69) is 5.10 Å². The van der Waals surface area contributed by atoms with Crippen LogP contribution in [0.3, 0.4) is 0 Å². The lowest BCUT2D eigenvalue weighted by molar-refractivity contribution is 0.0518. The van der Waals surface area contributed by atoms with Gasteiger partial charge in [0.1, 0.15) is 5.75 Å². The summed E-state index contributed by atoms with van der Waals surface area (Å²) in [5.41, 5.74) is 3.20. The molecule has 0 aliphatic heterocycles. The summed E-state index contributed by atoms with van der Waals surface area (Å²) in [6.45, 7) is 4.78. The molecule has 1 heterocycles. The number of hydrogen-bond acceptors (Lipinski definition) is 5. The second kappa shape index (κ2) is 11.2. The largest absolute Gasteiger partial charge is 0.497 e. The number of ether oxygens (including phenoxy) is 2. The SMILES string of the molecule is CCOC(=O)c1cc(-c2cccc(OC)c2)n(-c2ccc(C(=O)N(CC)C3CCCCC3)cc2)n1. The quantitative estimate of drug-likeness (QED) is 0.401. The van der Waals surface area contributed by atoms with Crippen molar-refractivity contribution in [2.45, 2.75) is 52.0 Å². The van der Waals surface area contributed by atoms with Gasteiger partial charge in [-0.05, 0) is 69.2 Å². The highest BCUT2D eigenvalue weighted by Crippen LogP contribution is 2.28. The molecular weight excluding hydrogens is 442 g/mol. The van der Waals surface area contributed by atoms with Gasteiger partial charge in [-0.2, -0.15) is 5.10 Å². The molecule has 0 unspecified atom stereocenters. The first-order valence-corrected chi connectivity index (χ1v) is 12.4. The number of methoxy groups -OCH3 is 1. The summed E-state index contributed by atoms with van der Waals surface area (Å²) in [7, 11) is 1.61. The number of carbonyl (C=O) groups excluding carboxylic acids is 2. The van der Waals surface area contributed by atoms with E-state index in [4.69, 9.17) is 9.47 Å². The van der Waals surface area contributed by atoms with Crippen LogP contribution >= 0.6 is 0 Å². The summed E-state index contributed by atoms with van der Waals surface area (Å²) in [6, 6.07) is 17.0. The van der Waals surface area contributed by atoms with E-state index in [1.165, 1.54) is 19.3 Å². The maximum Gasteiger partial charge on any atom is 0.358 e. The first-order chi connectivity index (χ1) is 17.0. The number of nitrogens with zero attached hydrogens (tertiary/aromatic N) is 3. The molecule has 7 nitrogen and oxygen atoms in total. The minimum absolute atomic E-state index is 0.0617. The highest BCUT2D eigenvalue weighted by Gasteiger charge is 2.25. The van der Waals surface area contributed by atoms with Crippen LogP contribution in [0.4, 0.5) is 0 Å². The molecule has 1 aliphatic carbocycles. The summed E-state index contributed by atoms with van der Waals surface area (Å²) < 4.78 is 12.2. The Hall–Kier alpha value is -3.61. The van der Waals surface area contributed by atoms with E-state index in [0.29, 0.717) is 23.9 Å². The fraction of sp³-hybridized carbons (Fsp3) is 0.393. The van der Waals surface area contributed by atoms with Crippen molar-refractivity contribution in [3.63, 3.8) is 0 Å². The fourth-order valence-corrected chi connectivity index (χ4v) is 4.74. The average Bonchev–Trinajstić information content (AvgIpc) is 3.36. The molecule has 7 heteroatoms. The van der Waals surface area contributed by atoms with E-state index < -0.39 is 5.97 Å². The van der Waals surface area contributed by atoms with Gasteiger partial charge in [0.25, 0.3) is 5.91 Å². The van der Waals surface area contributed by atoms with Gasteiger partial charge in [-0.15, -0.1) is 0 Å². The van der Waals surface area contributed by atoms with E-state index in [9.17, 15) is 9.59 Å². The molecular formula is C28H33N3O4. The Morgan fingerprint density at radius 3 is 2.43 bits per heavy atom. The van der Waals surface area contributed by atoms with Crippen LogP contribution in [0.15, 0.2) is 54.6 Å². The van der Waals surface area contributed by atoms with Crippen molar-refractivity contribution in [1.82, 2.24) is 14.7 Å². The molecule has 1 aromatic heterocycles. The lowest BCUT2D eigenvalue weighted by atomic mass is 9.93. The minimum Gasteiger partial charge on any atom is -0.497 e. The molecule has 1 saturated carbocycles. The van der Waals surface area contributed by atoms with Gasteiger partial charge >= 0.3 is 5.97 Å². The van der Waals surface area contributed by atoms with Gasteiger partial charge in [0, 0.05) is 23.7 Å². The van der Waals surface area contributed by atoms with Crippen molar-refractivity contribution >= 4 is 11.9 Å². The zero-order chi connectivity index (χ0) is 24.8. The van der Waals surface area contributed by atoms with Crippen molar-refractivity contribution in [3.05, 3.63) is 65.9 Å². The third-order valence-corrected chi connectivity index (χ3v) is 6.54. The normalized spacial score (nSPS) is 13.9. The monoisotopic (exact) mass is 475 g/mol. The predicted molar refractivity (Wildman–Crippen MR) is 135 cm³/mol. The maximum absolute atomic E-state index is 13.3. The van der Waals surface area contributed by atoms with Crippen molar-refractivity contribution in [2.24, 2.45) is 0 Å². The first-order valence-electron chi connectivity index (χ1n) is 12.4. The number of hydrogen-bond donors (Lipinski definition) is 0. The molecule has 3 aromatic rings. The van der Waals surface area contributed by atoms with Crippen LogP contribution in [0.25, 0.3) is 16.9 Å². The van der Waals surface area contributed by atoms with Crippen molar-refractivity contribution in [3.8, 4) is 22.7 Å². The van der Waals surface area contributed by atoms with Crippen LogP contribution in [0.1, 0.15) is 66.8 Å². The van der Waals surface area contributed by atoms with E-state index in [0.717, 1.165) is 29.8 Å². The minimum atomic E-state index is -0.478. The Kier molecular flexibility index (Phi) is 7.85. The number of benzene rings is 2. The predicted octanol–water partition coefficient (Wildman–Crippen LogP) is 5.52. The smallest absolute Gasteiger partial charge is 0.358 e. The number of carbonyl (C=O) groups is 2. The van der Waals surface area contributed by atoms with Crippen LogP contribution in [0.2, 0.25) is 0 Å². The van der Waals surface area contributed by atoms with Gasteiger partial charge in [0.05, 0.1) is 25.1 Å². The number of esters is 1. The van der Waals surface area contributed by atoms with E-state index in [1.54, 1.807) is 24.8 Å². The second-order valence-corrected chi connectivity index (χ2v) is 8.71. The summed E-state index contributed by atoms with van der Waals surface area (Å²) in [5.74, 6) is 0.288. The van der Waals surface area contributed by atoms with Gasteiger partial charge in [0.2, 0.25) is 0 Å². The van der Waals surface area contributed by atoms with Gasteiger partial charge in [-0.3, -0.25) is 4.79 Å². The average molecular weight is 476 g/mol. The van der Waals surface area contributed by atoms with Crippen molar-refractivity contribution in [1.29, 1.82) is 0 Å². The zero-order valence-electron chi connectivity index (χ0n) is 20.7. The Bertz CT molecular complexity index is 1160. The molecule has 1 amide bonds. The van der Waals surface area contributed by atoms with Crippen LogP contribution in [-0.2, 0) is 4.74 Å².